The van der Waals surface area contributed by atoms with E-state index in [1.165, 1.54) is 4.90 Å². The lowest BCUT2D eigenvalue weighted by atomic mass is 10.2. The zero-order valence-electron chi connectivity index (χ0n) is 10.6. The lowest BCUT2D eigenvalue weighted by molar-refractivity contribution is -0.212. The maximum absolute atomic E-state index is 12.4. The number of hydrogen-bond donors (Lipinski definition) is 0. The second kappa shape index (κ2) is 5.36. The molecule has 0 atom stereocenters. The average molecular weight is 283 g/mol. The highest BCUT2D eigenvalue weighted by Crippen LogP contribution is 2.22. The molecule has 1 amide bonds. The van der Waals surface area contributed by atoms with Crippen molar-refractivity contribution >= 4 is 11.6 Å². The van der Waals surface area contributed by atoms with Crippen molar-refractivity contribution in [3.8, 4) is 0 Å². The van der Waals surface area contributed by atoms with Gasteiger partial charge < -0.3 is 4.90 Å². The first-order valence-electron chi connectivity index (χ1n) is 5.92. The summed E-state index contributed by atoms with van der Waals surface area (Å²) >= 11 is 0. The van der Waals surface area contributed by atoms with Crippen LogP contribution in [0.25, 0.3) is 0 Å². The fourth-order valence-electron chi connectivity index (χ4n) is 1.78. The lowest BCUT2D eigenvalue weighted by Gasteiger charge is -2.20. The topological polar surface area (TPSA) is 38.1 Å². The van der Waals surface area contributed by atoms with Gasteiger partial charge in [-0.05, 0) is 19.1 Å². The SMILES string of the molecule is CCN(C(=O)c1cnn(C(F)(F)F)c1)c1ccccc1. The average Bonchev–Trinajstić information content (AvgIpc) is 2.90. The summed E-state index contributed by atoms with van der Waals surface area (Å²) in [5.41, 5.74) is 0.521. The summed E-state index contributed by atoms with van der Waals surface area (Å²) in [6, 6.07) is 8.74. The van der Waals surface area contributed by atoms with Gasteiger partial charge in [-0.3, -0.25) is 4.79 Å². The second-order valence-electron chi connectivity index (χ2n) is 4.03. The molecular weight excluding hydrogens is 271 g/mol. The fraction of sp³-hybridized carbons (Fsp3) is 0.231. The number of benzene rings is 1. The van der Waals surface area contributed by atoms with Crippen LogP contribution in [0.15, 0.2) is 42.7 Å². The number of aromatic nitrogens is 2. The van der Waals surface area contributed by atoms with Crippen LogP contribution in [0.2, 0.25) is 0 Å². The van der Waals surface area contributed by atoms with Crippen LogP contribution >= 0.6 is 0 Å². The first-order chi connectivity index (χ1) is 9.43. The third-order valence-corrected chi connectivity index (χ3v) is 2.72. The van der Waals surface area contributed by atoms with E-state index in [4.69, 9.17) is 0 Å². The van der Waals surface area contributed by atoms with Gasteiger partial charge in [0.1, 0.15) is 0 Å². The van der Waals surface area contributed by atoms with Crippen LogP contribution in [-0.4, -0.2) is 22.2 Å². The summed E-state index contributed by atoms with van der Waals surface area (Å²) in [6.45, 7) is 2.10. The van der Waals surface area contributed by atoms with Crippen LogP contribution in [0.1, 0.15) is 17.3 Å². The van der Waals surface area contributed by atoms with E-state index in [9.17, 15) is 18.0 Å². The Bertz CT molecular complexity index is 592. The first-order valence-corrected chi connectivity index (χ1v) is 5.92. The van der Waals surface area contributed by atoms with Crippen molar-refractivity contribution in [3.63, 3.8) is 0 Å². The largest absolute Gasteiger partial charge is 0.504 e. The Morgan fingerprint density at radius 3 is 2.45 bits per heavy atom. The number of alkyl halides is 3. The minimum Gasteiger partial charge on any atom is -0.309 e. The smallest absolute Gasteiger partial charge is 0.309 e. The molecule has 0 N–H and O–H groups in total. The Labute approximate surface area is 113 Å². The molecule has 0 radical (unpaired) electrons. The molecule has 0 saturated carbocycles. The van der Waals surface area contributed by atoms with E-state index >= 15 is 0 Å². The van der Waals surface area contributed by atoms with E-state index in [1.807, 2.05) is 0 Å². The number of anilines is 1. The van der Waals surface area contributed by atoms with Crippen LogP contribution in [-0.2, 0) is 6.30 Å². The highest BCUT2D eigenvalue weighted by Gasteiger charge is 2.32. The van der Waals surface area contributed by atoms with E-state index in [0.717, 1.165) is 6.20 Å². The summed E-state index contributed by atoms with van der Waals surface area (Å²) in [6.07, 6.45) is -3.02. The van der Waals surface area contributed by atoms with Gasteiger partial charge in [-0.1, -0.05) is 18.2 Å². The Kier molecular flexibility index (Phi) is 3.78. The summed E-state index contributed by atoms with van der Waals surface area (Å²) < 4.78 is 37.2. The van der Waals surface area contributed by atoms with Crippen molar-refractivity contribution < 1.29 is 18.0 Å². The molecule has 1 aromatic heterocycles. The van der Waals surface area contributed by atoms with Gasteiger partial charge in [0.25, 0.3) is 5.91 Å². The minimum atomic E-state index is -4.62. The van der Waals surface area contributed by atoms with Crippen molar-refractivity contribution in [3.05, 3.63) is 48.3 Å². The molecule has 0 unspecified atom stereocenters. The molecule has 0 aliphatic rings. The highest BCUT2D eigenvalue weighted by molar-refractivity contribution is 6.05. The molecule has 7 heteroatoms. The molecule has 0 aliphatic heterocycles. The maximum Gasteiger partial charge on any atom is 0.504 e. The third kappa shape index (κ3) is 2.81. The number of amides is 1. The standard InChI is InChI=1S/C13H12F3N3O/c1-2-18(11-6-4-3-5-7-11)12(20)10-8-17-19(9-10)13(14,15)16/h3-9H,2H2,1H3. The van der Waals surface area contributed by atoms with Crippen molar-refractivity contribution in [1.29, 1.82) is 0 Å². The van der Waals surface area contributed by atoms with Crippen LogP contribution < -0.4 is 4.90 Å². The van der Waals surface area contributed by atoms with Crippen molar-refractivity contribution in [1.82, 2.24) is 9.78 Å². The van der Waals surface area contributed by atoms with Gasteiger partial charge in [0.15, 0.2) is 0 Å². The minimum absolute atomic E-state index is 0.104. The quantitative estimate of drug-likeness (QED) is 0.868. The third-order valence-electron chi connectivity index (χ3n) is 2.72. The normalized spacial score (nSPS) is 11.4. The summed E-state index contributed by atoms with van der Waals surface area (Å²) in [5, 5.41) is 3.16. The second-order valence-corrected chi connectivity index (χ2v) is 4.03. The summed E-state index contributed by atoms with van der Waals surface area (Å²) in [4.78, 5) is 13.6. The van der Waals surface area contributed by atoms with Gasteiger partial charge in [0, 0.05) is 18.4 Å². The fourth-order valence-corrected chi connectivity index (χ4v) is 1.78. The molecule has 2 rings (SSSR count). The van der Waals surface area contributed by atoms with Gasteiger partial charge in [0.2, 0.25) is 0 Å². The first kappa shape index (κ1) is 14.1. The molecule has 4 nitrogen and oxygen atoms in total. The molecule has 0 aliphatic carbocycles. The van der Waals surface area contributed by atoms with E-state index < -0.39 is 12.2 Å². The molecule has 0 fully saturated rings. The summed E-state index contributed by atoms with van der Waals surface area (Å²) in [5.74, 6) is -0.519. The predicted octanol–water partition coefficient (Wildman–Crippen LogP) is 3.03. The van der Waals surface area contributed by atoms with E-state index in [1.54, 1.807) is 37.3 Å². The highest BCUT2D eigenvalue weighted by atomic mass is 19.4. The van der Waals surface area contributed by atoms with Crippen molar-refractivity contribution in [2.75, 3.05) is 11.4 Å². The van der Waals surface area contributed by atoms with Gasteiger partial charge in [0.05, 0.1) is 11.8 Å². The molecule has 1 aromatic carbocycles. The molecule has 2 aromatic rings. The number of hydrogen-bond acceptors (Lipinski definition) is 2. The Balaban J connectivity index is 2.28. The zero-order valence-corrected chi connectivity index (χ0v) is 10.6. The molecule has 1 heterocycles. The van der Waals surface area contributed by atoms with Crippen LogP contribution in [0.4, 0.5) is 18.9 Å². The number of carbonyl (C=O) groups excluding carboxylic acids is 1. The lowest BCUT2D eigenvalue weighted by Crippen LogP contribution is -2.30. The van der Waals surface area contributed by atoms with Crippen molar-refractivity contribution in [2.45, 2.75) is 13.2 Å². The van der Waals surface area contributed by atoms with Gasteiger partial charge in [-0.25, -0.2) is 0 Å². The molecule has 0 saturated heterocycles. The number of nitrogens with zero attached hydrogens (tertiary/aromatic N) is 3. The molecule has 20 heavy (non-hydrogen) atoms. The Morgan fingerprint density at radius 1 is 1.30 bits per heavy atom. The Hall–Kier alpha value is -2.31. The van der Waals surface area contributed by atoms with Crippen LogP contribution in [0.3, 0.4) is 0 Å². The molecule has 0 bridgehead atoms. The maximum atomic E-state index is 12.4. The van der Waals surface area contributed by atoms with Gasteiger partial charge in [-0.15, -0.1) is 13.2 Å². The number of para-hydroxylation sites is 1. The zero-order chi connectivity index (χ0) is 14.8. The monoisotopic (exact) mass is 283 g/mol. The van der Waals surface area contributed by atoms with E-state index in [0.29, 0.717) is 18.4 Å². The number of rotatable bonds is 3. The van der Waals surface area contributed by atoms with Crippen LogP contribution in [0, 0.1) is 0 Å². The van der Waals surface area contributed by atoms with Gasteiger partial charge in [-0.2, -0.15) is 9.78 Å². The molecular formula is C13H12F3N3O. The van der Waals surface area contributed by atoms with Crippen molar-refractivity contribution in [2.24, 2.45) is 0 Å². The predicted molar refractivity (Wildman–Crippen MR) is 67.3 cm³/mol. The Morgan fingerprint density at radius 2 is 1.95 bits per heavy atom. The van der Waals surface area contributed by atoms with E-state index in [2.05, 4.69) is 5.10 Å². The summed E-state index contributed by atoms with van der Waals surface area (Å²) in [7, 11) is 0. The molecule has 106 valence electrons. The number of halogens is 3. The molecule has 0 spiro atoms. The van der Waals surface area contributed by atoms with E-state index in [-0.39, 0.29) is 10.2 Å². The van der Waals surface area contributed by atoms with Gasteiger partial charge >= 0.3 is 6.30 Å². The number of carbonyl (C=O) groups is 1. The van der Waals surface area contributed by atoms with Crippen LogP contribution in [0.5, 0.6) is 0 Å².